The molecule has 0 fully saturated rings. The molecule has 29 heavy (non-hydrogen) atoms. The molecule has 1 aliphatic carbocycles. The van der Waals surface area contributed by atoms with Crippen LogP contribution in [0.4, 0.5) is 0 Å². The molecule has 0 heterocycles. The first-order valence-electron chi connectivity index (χ1n) is 9.54. The fraction of sp³-hybridized carbons (Fsp3) is 0.160. The van der Waals surface area contributed by atoms with Crippen LogP contribution in [0.3, 0.4) is 0 Å². The first-order chi connectivity index (χ1) is 14.2. The highest BCUT2D eigenvalue weighted by Gasteiger charge is 2.22. The number of ether oxygens (including phenoxy) is 2. The fourth-order valence-electron chi connectivity index (χ4n) is 3.70. The number of carboxylic acids is 1. The molecule has 0 amide bonds. The molecular formula is C25H22O4. The first kappa shape index (κ1) is 19.0. The minimum Gasteiger partial charge on any atom is -0.490 e. The molecule has 0 saturated carbocycles. The maximum atomic E-state index is 11.1. The predicted molar refractivity (Wildman–Crippen MR) is 113 cm³/mol. The second-order valence-corrected chi connectivity index (χ2v) is 6.93. The van der Waals surface area contributed by atoms with Crippen LogP contribution in [-0.4, -0.2) is 30.9 Å². The Balaban J connectivity index is 1.46. The topological polar surface area (TPSA) is 55.8 Å². The van der Waals surface area contributed by atoms with Gasteiger partial charge in [-0.2, -0.15) is 0 Å². The van der Waals surface area contributed by atoms with Crippen molar-refractivity contribution in [3.05, 3.63) is 95.6 Å². The molecule has 0 aromatic heterocycles. The maximum Gasteiger partial charge on any atom is 0.333 e. The van der Waals surface area contributed by atoms with E-state index in [1.807, 2.05) is 24.3 Å². The Labute approximate surface area is 170 Å². The van der Waals surface area contributed by atoms with Gasteiger partial charge in [0.05, 0.1) is 0 Å². The Hall–Kier alpha value is -3.37. The summed E-state index contributed by atoms with van der Waals surface area (Å²) in [5.74, 6) is -0.217. The van der Waals surface area contributed by atoms with Gasteiger partial charge in [0.25, 0.3) is 0 Å². The Morgan fingerprint density at radius 3 is 1.97 bits per heavy atom. The van der Waals surface area contributed by atoms with Crippen LogP contribution in [0.25, 0.3) is 16.7 Å². The number of carboxylic acid groups (broad SMARTS) is 1. The second kappa shape index (κ2) is 8.33. The zero-order chi connectivity index (χ0) is 20.2. The molecule has 3 aromatic rings. The number of methoxy groups -OCH3 is 1. The summed E-state index contributed by atoms with van der Waals surface area (Å²) in [5.41, 5.74) is 7.05. The van der Waals surface area contributed by atoms with Crippen LogP contribution in [0.15, 0.2) is 78.9 Å². The summed E-state index contributed by atoms with van der Waals surface area (Å²) in [6.45, 7) is 0.452. The van der Waals surface area contributed by atoms with Gasteiger partial charge in [-0.15, -0.1) is 0 Å². The molecule has 1 atom stereocenters. The Morgan fingerprint density at radius 2 is 1.45 bits per heavy atom. The van der Waals surface area contributed by atoms with Crippen LogP contribution in [0.2, 0.25) is 0 Å². The van der Waals surface area contributed by atoms with Gasteiger partial charge >= 0.3 is 5.97 Å². The number of hydrogen-bond donors (Lipinski definition) is 1. The number of benzene rings is 3. The van der Waals surface area contributed by atoms with Crippen molar-refractivity contribution in [3.8, 4) is 16.9 Å². The molecule has 0 bridgehead atoms. The Kier molecular flexibility index (Phi) is 5.45. The van der Waals surface area contributed by atoms with Gasteiger partial charge in [0.2, 0.25) is 0 Å². The summed E-state index contributed by atoms with van der Waals surface area (Å²) in [7, 11) is 1.41. The Bertz CT molecular complexity index is 1000. The SMILES string of the molecule is COC(Cc1ccc(OCC=C2c3ccccc3-c3ccccc32)cc1)C(=O)O. The van der Waals surface area contributed by atoms with Crippen molar-refractivity contribution in [1.82, 2.24) is 0 Å². The van der Waals surface area contributed by atoms with Gasteiger partial charge in [-0.3, -0.25) is 0 Å². The molecule has 0 saturated heterocycles. The van der Waals surface area contributed by atoms with Crippen LogP contribution >= 0.6 is 0 Å². The van der Waals surface area contributed by atoms with Gasteiger partial charge < -0.3 is 14.6 Å². The third-order valence-corrected chi connectivity index (χ3v) is 5.17. The summed E-state index contributed by atoms with van der Waals surface area (Å²) < 4.78 is 10.9. The van der Waals surface area contributed by atoms with Crippen molar-refractivity contribution in [2.45, 2.75) is 12.5 Å². The molecular weight excluding hydrogens is 364 g/mol. The van der Waals surface area contributed by atoms with Crippen LogP contribution in [-0.2, 0) is 16.0 Å². The quantitative estimate of drug-likeness (QED) is 0.495. The molecule has 1 aliphatic rings. The molecule has 3 aromatic carbocycles. The molecule has 1 N–H and O–H groups in total. The van der Waals surface area contributed by atoms with Gasteiger partial charge in [-0.1, -0.05) is 60.7 Å². The van der Waals surface area contributed by atoms with Crippen molar-refractivity contribution < 1.29 is 19.4 Å². The fourth-order valence-corrected chi connectivity index (χ4v) is 3.70. The second-order valence-electron chi connectivity index (χ2n) is 6.93. The number of rotatable bonds is 7. The van der Waals surface area contributed by atoms with E-state index in [-0.39, 0.29) is 0 Å². The molecule has 146 valence electrons. The van der Waals surface area contributed by atoms with Gasteiger partial charge in [0.15, 0.2) is 6.10 Å². The smallest absolute Gasteiger partial charge is 0.333 e. The van der Waals surface area contributed by atoms with E-state index < -0.39 is 12.1 Å². The lowest BCUT2D eigenvalue weighted by Gasteiger charge is -2.11. The van der Waals surface area contributed by atoms with E-state index in [0.717, 1.165) is 11.3 Å². The number of carbonyl (C=O) groups is 1. The Morgan fingerprint density at radius 1 is 0.897 bits per heavy atom. The summed E-state index contributed by atoms with van der Waals surface area (Å²) in [6.07, 6.45) is 1.60. The highest BCUT2D eigenvalue weighted by atomic mass is 16.5. The van der Waals surface area contributed by atoms with Crippen LogP contribution in [0, 0.1) is 0 Å². The summed E-state index contributed by atoms with van der Waals surface area (Å²) >= 11 is 0. The predicted octanol–water partition coefficient (Wildman–Crippen LogP) is 4.82. The lowest BCUT2D eigenvalue weighted by atomic mass is 10.0. The third kappa shape index (κ3) is 3.93. The standard InChI is InChI=1S/C25H22O4/c1-28-24(25(26)27)16-17-10-12-18(13-11-17)29-15-14-23-21-8-4-2-6-19(21)20-7-3-5-9-22(20)23/h2-14,24H,15-16H2,1H3,(H,26,27). The van der Waals surface area contributed by atoms with Crippen LogP contribution < -0.4 is 4.74 Å². The van der Waals surface area contributed by atoms with E-state index >= 15 is 0 Å². The minimum atomic E-state index is -0.962. The van der Waals surface area contributed by atoms with E-state index in [2.05, 4.69) is 54.6 Å². The highest BCUT2D eigenvalue weighted by Crippen LogP contribution is 2.43. The zero-order valence-corrected chi connectivity index (χ0v) is 16.2. The van der Waals surface area contributed by atoms with Gasteiger partial charge in [-0.25, -0.2) is 4.79 Å². The lowest BCUT2D eigenvalue weighted by molar-refractivity contribution is -0.148. The molecule has 0 radical (unpaired) electrons. The van der Waals surface area contributed by atoms with Crippen molar-refractivity contribution in [3.63, 3.8) is 0 Å². The molecule has 4 nitrogen and oxygen atoms in total. The summed E-state index contributed by atoms with van der Waals surface area (Å²) in [5, 5.41) is 9.09. The van der Waals surface area contributed by atoms with Crippen LogP contribution in [0.1, 0.15) is 16.7 Å². The molecule has 4 heteroatoms. The highest BCUT2D eigenvalue weighted by molar-refractivity contribution is 6.01. The molecule has 4 rings (SSSR count). The van der Waals surface area contributed by atoms with Gasteiger partial charge in [0, 0.05) is 13.5 Å². The number of hydrogen-bond acceptors (Lipinski definition) is 3. The van der Waals surface area contributed by atoms with Gasteiger partial charge in [0.1, 0.15) is 12.4 Å². The lowest BCUT2D eigenvalue weighted by Crippen LogP contribution is -2.24. The van der Waals surface area contributed by atoms with E-state index in [9.17, 15) is 4.79 Å². The summed E-state index contributed by atoms with van der Waals surface area (Å²) in [4.78, 5) is 11.1. The zero-order valence-electron chi connectivity index (χ0n) is 16.2. The first-order valence-corrected chi connectivity index (χ1v) is 9.54. The van der Waals surface area contributed by atoms with Crippen LogP contribution in [0.5, 0.6) is 5.75 Å². The number of fused-ring (bicyclic) bond motifs is 3. The maximum absolute atomic E-state index is 11.1. The van der Waals surface area contributed by atoms with Crippen molar-refractivity contribution in [2.24, 2.45) is 0 Å². The van der Waals surface area contributed by atoms with Crippen molar-refractivity contribution >= 4 is 11.5 Å². The average molecular weight is 386 g/mol. The van der Waals surface area contributed by atoms with Crippen molar-refractivity contribution in [1.29, 1.82) is 0 Å². The third-order valence-electron chi connectivity index (χ3n) is 5.17. The largest absolute Gasteiger partial charge is 0.490 e. The summed E-state index contributed by atoms with van der Waals surface area (Å²) in [6, 6.07) is 24.3. The molecule has 0 spiro atoms. The van der Waals surface area contributed by atoms with E-state index in [1.165, 1.54) is 34.9 Å². The monoisotopic (exact) mass is 386 g/mol. The average Bonchev–Trinajstić information content (AvgIpc) is 3.07. The van der Waals surface area contributed by atoms with E-state index in [0.29, 0.717) is 13.0 Å². The minimum absolute atomic E-state index is 0.323. The van der Waals surface area contributed by atoms with Gasteiger partial charge in [-0.05, 0) is 51.6 Å². The van der Waals surface area contributed by atoms with E-state index in [1.54, 1.807) is 0 Å². The normalized spacial score (nSPS) is 12.8. The number of aliphatic carboxylic acids is 1. The molecule has 0 aliphatic heterocycles. The molecule has 1 unspecified atom stereocenters. The van der Waals surface area contributed by atoms with Crippen molar-refractivity contribution in [2.75, 3.05) is 13.7 Å². The van der Waals surface area contributed by atoms with E-state index in [4.69, 9.17) is 14.6 Å².